The summed E-state index contributed by atoms with van der Waals surface area (Å²) in [7, 11) is 0. The fourth-order valence-electron chi connectivity index (χ4n) is 3.73. The van der Waals surface area contributed by atoms with E-state index >= 15 is 0 Å². The second-order valence-electron chi connectivity index (χ2n) is 7.17. The van der Waals surface area contributed by atoms with Crippen molar-refractivity contribution in [3.63, 3.8) is 0 Å². The molecule has 1 heterocycles. The average molecular weight is 712 g/mol. The molecular weight excluding hydrogens is 687 g/mol. The average Bonchev–Trinajstić information content (AvgIpc) is 2.76. The van der Waals surface area contributed by atoms with Crippen LogP contribution in [-0.4, -0.2) is 46.8 Å². The number of hydrogen-bond acceptors (Lipinski definition) is 4. The molecule has 1 amide bonds. The number of carbonyl (C=O) groups excluding carboxylic acids is 1. The van der Waals surface area contributed by atoms with E-state index < -0.39 is 10.8 Å². The topological polar surface area (TPSA) is 66.7 Å². The summed E-state index contributed by atoms with van der Waals surface area (Å²) >= 11 is 12.1. The largest absolute Gasteiger partial charge is 2.00 e. The van der Waals surface area contributed by atoms with Gasteiger partial charge in [-0.1, -0.05) is 47.5 Å². The maximum absolute atomic E-state index is 12.7. The Hall–Kier alpha value is -1.62. The van der Waals surface area contributed by atoms with E-state index in [2.05, 4.69) is 17.6 Å². The predicted molar refractivity (Wildman–Crippen MR) is 128 cm³/mol. The molecule has 0 aromatic heterocycles. The molecule has 3 rings (SSSR count). The molecule has 0 unspecified atom stereocenters. The van der Waals surface area contributed by atoms with Crippen molar-refractivity contribution in [3.05, 3.63) is 111 Å². The molecule has 0 aliphatic carbocycles. The Bertz CT molecular complexity index is 957. The molecule has 1 fully saturated rings. The van der Waals surface area contributed by atoms with Crippen LogP contribution < -0.4 is 0 Å². The Kier molecular flexibility index (Phi) is 11.9. The van der Waals surface area contributed by atoms with Gasteiger partial charge in [-0.25, -0.2) is 0 Å². The van der Waals surface area contributed by atoms with Crippen molar-refractivity contribution in [3.8, 4) is 0 Å². The maximum atomic E-state index is 12.7. The number of piperazine rings is 1. The van der Waals surface area contributed by atoms with E-state index in [1.165, 1.54) is 6.92 Å². The van der Waals surface area contributed by atoms with Gasteiger partial charge in [0.15, 0.2) is 5.91 Å². The first-order valence-electron chi connectivity index (χ1n) is 9.74. The van der Waals surface area contributed by atoms with Crippen LogP contribution in [-0.2, 0) is 4.79 Å². The fraction of sp³-hybridized carbons (Fsp3) is 0.250. The summed E-state index contributed by atoms with van der Waals surface area (Å²) in [5, 5.41) is 12.4. The summed E-state index contributed by atoms with van der Waals surface area (Å²) in [6.45, 7) is 7.09. The van der Waals surface area contributed by atoms with E-state index in [1.54, 1.807) is 4.90 Å². The Balaban J connectivity index is 0.00000272. The van der Waals surface area contributed by atoms with E-state index in [0.717, 1.165) is 11.1 Å². The molecule has 6 nitrogen and oxygen atoms in total. The number of allylic oxidation sites excluding steroid dienone is 1. The van der Waals surface area contributed by atoms with Gasteiger partial charge in [0.2, 0.25) is 0 Å². The summed E-state index contributed by atoms with van der Waals surface area (Å²) in [4.78, 5) is 27.1. The first kappa shape index (κ1) is 29.4. The minimum absolute atomic E-state index is 0. The zero-order valence-electron chi connectivity index (χ0n) is 18.6. The van der Waals surface area contributed by atoms with Crippen molar-refractivity contribution < 1.29 is 40.8 Å². The number of rotatable bonds is 6. The summed E-state index contributed by atoms with van der Waals surface area (Å²) < 4.78 is 0. The van der Waals surface area contributed by atoms with Crippen molar-refractivity contribution >= 4 is 29.1 Å². The monoisotopic (exact) mass is 711 g/mol. The third-order valence-electron chi connectivity index (χ3n) is 5.30. The molecule has 0 spiro atoms. The van der Waals surface area contributed by atoms with Gasteiger partial charge in [0.1, 0.15) is 5.70 Å². The van der Waals surface area contributed by atoms with Gasteiger partial charge in [0, 0.05) is 41.1 Å². The van der Waals surface area contributed by atoms with E-state index in [-0.39, 0.29) is 55.9 Å². The van der Waals surface area contributed by atoms with Crippen LogP contribution in [0.15, 0.2) is 66.4 Å². The number of halogens is 2. The normalized spacial score (nSPS) is 14.3. The summed E-state index contributed by atoms with van der Waals surface area (Å²) in [5.41, 5.74) is 1.63. The molecule has 0 N–H and O–H groups in total. The van der Waals surface area contributed by atoms with Gasteiger partial charge in [-0.3, -0.25) is 19.8 Å². The SMILES string of the molecule is C=C(C(=O)N1CCN(C(c2ccc(Cl)cc2)c2ccc(Cl)cc2)CC1)C(=[C-]C)[N+](=O)[O-].[CH3-].[U+2]. The van der Waals surface area contributed by atoms with Crippen LogP contribution in [0.4, 0.5) is 0 Å². The van der Waals surface area contributed by atoms with Crippen LogP contribution in [0.25, 0.3) is 0 Å². The molecule has 1 aliphatic heterocycles. The van der Waals surface area contributed by atoms with Crippen LogP contribution >= 0.6 is 23.2 Å². The van der Waals surface area contributed by atoms with Crippen molar-refractivity contribution in [1.29, 1.82) is 0 Å². The Morgan fingerprint density at radius 2 is 1.42 bits per heavy atom. The van der Waals surface area contributed by atoms with Crippen LogP contribution in [0.3, 0.4) is 0 Å². The smallest absolute Gasteiger partial charge is 0.358 e. The molecule has 2 aromatic rings. The number of amides is 1. The van der Waals surface area contributed by atoms with Crippen molar-refractivity contribution in [2.75, 3.05) is 26.2 Å². The van der Waals surface area contributed by atoms with E-state index in [1.807, 2.05) is 48.5 Å². The minimum Gasteiger partial charge on any atom is -0.358 e. The molecule has 0 atom stereocenters. The number of hydrogen-bond donors (Lipinski definition) is 0. The quantitative estimate of drug-likeness (QED) is 0.136. The number of nitro groups is 1. The molecule has 0 saturated carbocycles. The van der Waals surface area contributed by atoms with Gasteiger partial charge < -0.3 is 12.3 Å². The van der Waals surface area contributed by atoms with Gasteiger partial charge >= 0.3 is 31.1 Å². The molecule has 1 aliphatic rings. The second-order valence-corrected chi connectivity index (χ2v) is 8.04. The molecule has 33 heavy (non-hydrogen) atoms. The van der Waals surface area contributed by atoms with Crippen LogP contribution in [0.5, 0.6) is 0 Å². The number of carbonyl (C=O) groups is 1. The van der Waals surface area contributed by atoms with Crippen LogP contribution in [0.2, 0.25) is 10.0 Å². The summed E-state index contributed by atoms with van der Waals surface area (Å²) in [6.07, 6.45) is 2.44. The van der Waals surface area contributed by atoms with Crippen molar-refractivity contribution in [2.24, 2.45) is 0 Å². The summed E-state index contributed by atoms with van der Waals surface area (Å²) in [6, 6.07) is 15.4. The van der Waals surface area contributed by atoms with Gasteiger partial charge in [0.25, 0.3) is 0 Å². The van der Waals surface area contributed by atoms with Crippen molar-refractivity contribution in [1.82, 2.24) is 9.80 Å². The summed E-state index contributed by atoms with van der Waals surface area (Å²) in [5.74, 6) is -0.435. The van der Waals surface area contributed by atoms with E-state index in [4.69, 9.17) is 23.2 Å². The second kappa shape index (κ2) is 13.3. The number of nitrogens with zero attached hydrogens (tertiary/aromatic N) is 3. The zero-order chi connectivity index (χ0) is 22.5. The molecule has 0 radical (unpaired) electrons. The standard InChI is InChI=1S/C23H22Cl2N3O3.CH3.U/c1-3-21(28(30)31)16(2)23(29)27-14-12-26(13-15-27)22(17-4-8-19(24)9-5-17)18-6-10-20(25)11-7-18;;/h4-11,22H,2,12-15H2,1H3;1H3;/q2*-1;+2. The third-order valence-corrected chi connectivity index (χ3v) is 5.81. The first-order chi connectivity index (χ1) is 14.8. The van der Waals surface area contributed by atoms with Crippen LogP contribution in [0.1, 0.15) is 24.1 Å². The molecule has 172 valence electrons. The Labute approximate surface area is 228 Å². The molecule has 0 bridgehead atoms. The zero-order valence-corrected chi connectivity index (χ0v) is 24.2. The predicted octanol–water partition coefficient (Wildman–Crippen LogP) is 5.22. The molecule has 2 aromatic carbocycles. The van der Waals surface area contributed by atoms with Gasteiger partial charge in [-0.05, 0) is 41.0 Å². The van der Waals surface area contributed by atoms with Gasteiger partial charge in [-0.15, -0.1) is 6.92 Å². The van der Waals surface area contributed by atoms with E-state index in [0.29, 0.717) is 36.2 Å². The van der Waals surface area contributed by atoms with Crippen LogP contribution in [0, 0.1) is 54.7 Å². The Morgan fingerprint density at radius 3 is 1.79 bits per heavy atom. The van der Waals surface area contributed by atoms with Gasteiger partial charge in [-0.2, -0.15) is 12.7 Å². The number of benzene rings is 2. The maximum Gasteiger partial charge on any atom is 2.00 e. The fourth-order valence-corrected chi connectivity index (χ4v) is 3.98. The van der Waals surface area contributed by atoms with Gasteiger partial charge in [0.05, 0.1) is 6.04 Å². The molecular formula is C24H25Cl2N3O3U. The molecule has 1 saturated heterocycles. The Morgan fingerprint density at radius 1 is 1.00 bits per heavy atom. The molecule has 9 heteroatoms. The third kappa shape index (κ3) is 7.18. The van der Waals surface area contributed by atoms with Crippen molar-refractivity contribution in [2.45, 2.75) is 13.0 Å². The van der Waals surface area contributed by atoms with E-state index in [9.17, 15) is 14.9 Å². The first-order valence-corrected chi connectivity index (χ1v) is 10.5. The minimum atomic E-state index is -0.631.